The average Bonchev–Trinajstić information content (AvgIpc) is 1.97. The summed E-state index contributed by atoms with van der Waals surface area (Å²) in [6.45, 7) is 2.08. The van der Waals surface area contributed by atoms with Crippen LogP contribution in [0.1, 0.15) is 19.8 Å². The number of terminal acetylenes is 1. The largest absolute Gasteiger partial charge is 0.392 e. The minimum atomic E-state index is -0.207. The number of aliphatic hydroxyl groups excluding tert-OH is 1. The van der Waals surface area contributed by atoms with Crippen molar-refractivity contribution in [2.24, 2.45) is 0 Å². The van der Waals surface area contributed by atoms with Gasteiger partial charge in [-0.1, -0.05) is 6.92 Å². The Bertz CT molecular complexity index is 106. The fraction of sp³-hybridized carbons (Fsp3) is 0.750. The molecule has 0 aliphatic heterocycles. The summed E-state index contributed by atoms with van der Waals surface area (Å²) >= 11 is 1.75. The Labute approximate surface area is 67.2 Å². The minimum absolute atomic E-state index is 0.207. The molecule has 1 atom stereocenters. The van der Waals surface area contributed by atoms with Gasteiger partial charge in [0.1, 0.15) is 0 Å². The standard InChI is InChI=1S/C8H14OS/c1-3-5-6-8(9)7-10-4-2/h1,8-9H,4-7H2,2H3. The van der Waals surface area contributed by atoms with Crippen molar-refractivity contribution in [2.75, 3.05) is 11.5 Å². The van der Waals surface area contributed by atoms with Gasteiger partial charge in [0.25, 0.3) is 0 Å². The molecule has 0 spiro atoms. The van der Waals surface area contributed by atoms with Crippen molar-refractivity contribution in [3.05, 3.63) is 0 Å². The molecule has 10 heavy (non-hydrogen) atoms. The number of aliphatic hydroxyl groups is 1. The molecular formula is C8H14OS. The molecule has 1 unspecified atom stereocenters. The summed E-state index contributed by atoms with van der Waals surface area (Å²) in [7, 11) is 0. The van der Waals surface area contributed by atoms with Gasteiger partial charge in [-0.15, -0.1) is 12.3 Å². The van der Waals surface area contributed by atoms with E-state index in [4.69, 9.17) is 6.42 Å². The first-order chi connectivity index (χ1) is 4.81. The minimum Gasteiger partial charge on any atom is -0.392 e. The van der Waals surface area contributed by atoms with Crippen LogP contribution in [0.5, 0.6) is 0 Å². The molecule has 2 heteroatoms. The Balaban J connectivity index is 3.10. The molecule has 58 valence electrons. The quantitative estimate of drug-likeness (QED) is 0.612. The molecule has 1 nitrogen and oxygen atoms in total. The predicted molar refractivity (Wildman–Crippen MR) is 47.1 cm³/mol. The molecule has 0 aliphatic carbocycles. The van der Waals surface area contributed by atoms with Crippen molar-refractivity contribution in [3.8, 4) is 12.3 Å². The molecular weight excluding hydrogens is 144 g/mol. The van der Waals surface area contributed by atoms with Gasteiger partial charge in [0.2, 0.25) is 0 Å². The van der Waals surface area contributed by atoms with E-state index in [1.54, 1.807) is 11.8 Å². The second-order valence-corrected chi connectivity index (χ2v) is 3.38. The van der Waals surface area contributed by atoms with Crippen LogP contribution in [0.3, 0.4) is 0 Å². The third kappa shape index (κ3) is 6.00. The van der Waals surface area contributed by atoms with E-state index in [9.17, 15) is 5.11 Å². The van der Waals surface area contributed by atoms with Crippen molar-refractivity contribution in [2.45, 2.75) is 25.9 Å². The van der Waals surface area contributed by atoms with E-state index in [0.717, 1.165) is 17.9 Å². The van der Waals surface area contributed by atoms with Crippen LogP contribution in [0.2, 0.25) is 0 Å². The van der Waals surface area contributed by atoms with Crippen LogP contribution in [0, 0.1) is 12.3 Å². The molecule has 0 aromatic rings. The lowest BCUT2D eigenvalue weighted by Crippen LogP contribution is -2.09. The Morgan fingerprint density at radius 3 is 2.90 bits per heavy atom. The summed E-state index contributed by atoms with van der Waals surface area (Å²) in [6.07, 6.45) is 6.26. The topological polar surface area (TPSA) is 20.2 Å². The molecule has 0 aromatic heterocycles. The van der Waals surface area contributed by atoms with Crippen LogP contribution in [-0.2, 0) is 0 Å². The molecule has 0 aromatic carbocycles. The molecule has 1 N–H and O–H groups in total. The van der Waals surface area contributed by atoms with Crippen LogP contribution in [0.4, 0.5) is 0 Å². The zero-order valence-corrected chi connectivity index (χ0v) is 7.16. The molecule has 0 amide bonds. The molecule has 0 aliphatic rings. The maximum Gasteiger partial charge on any atom is 0.0639 e. The number of rotatable bonds is 5. The highest BCUT2D eigenvalue weighted by Gasteiger charge is 2.00. The summed E-state index contributed by atoms with van der Waals surface area (Å²) in [5.74, 6) is 4.39. The zero-order chi connectivity index (χ0) is 7.82. The fourth-order valence-electron chi connectivity index (χ4n) is 0.587. The SMILES string of the molecule is C#CCCC(O)CSCC. The molecule has 0 bridgehead atoms. The van der Waals surface area contributed by atoms with E-state index in [1.165, 1.54) is 0 Å². The van der Waals surface area contributed by atoms with E-state index in [1.807, 2.05) is 0 Å². The first kappa shape index (κ1) is 9.87. The van der Waals surface area contributed by atoms with Gasteiger partial charge in [0.15, 0.2) is 0 Å². The van der Waals surface area contributed by atoms with Crippen molar-refractivity contribution in [3.63, 3.8) is 0 Å². The second-order valence-electron chi connectivity index (χ2n) is 2.06. The van der Waals surface area contributed by atoms with Crippen molar-refractivity contribution in [1.29, 1.82) is 0 Å². The van der Waals surface area contributed by atoms with Crippen LogP contribution >= 0.6 is 11.8 Å². The first-order valence-electron chi connectivity index (χ1n) is 3.50. The number of hydrogen-bond acceptors (Lipinski definition) is 2. The highest BCUT2D eigenvalue weighted by atomic mass is 32.2. The van der Waals surface area contributed by atoms with E-state index >= 15 is 0 Å². The highest BCUT2D eigenvalue weighted by molar-refractivity contribution is 7.99. The fourth-order valence-corrected chi connectivity index (χ4v) is 1.26. The summed E-state index contributed by atoms with van der Waals surface area (Å²) in [6, 6.07) is 0. The van der Waals surface area contributed by atoms with Gasteiger partial charge < -0.3 is 5.11 Å². The Morgan fingerprint density at radius 2 is 2.40 bits per heavy atom. The average molecular weight is 158 g/mol. The Morgan fingerprint density at radius 1 is 1.70 bits per heavy atom. The van der Waals surface area contributed by atoms with E-state index in [2.05, 4.69) is 12.8 Å². The van der Waals surface area contributed by atoms with Gasteiger partial charge in [-0.3, -0.25) is 0 Å². The molecule has 0 saturated carbocycles. The summed E-state index contributed by atoms with van der Waals surface area (Å²) in [4.78, 5) is 0. The monoisotopic (exact) mass is 158 g/mol. The van der Waals surface area contributed by atoms with Gasteiger partial charge in [0, 0.05) is 12.2 Å². The van der Waals surface area contributed by atoms with Gasteiger partial charge in [-0.2, -0.15) is 11.8 Å². The number of hydrogen-bond donors (Lipinski definition) is 1. The smallest absolute Gasteiger partial charge is 0.0639 e. The van der Waals surface area contributed by atoms with Crippen LogP contribution in [-0.4, -0.2) is 22.7 Å². The number of thioether (sulfide) groups is 1. The molecule has 0 radical (unpaired) electrons. The maximum absolute atomic E-state index is 9.20. The lowest BCUT2D eigenvalue weighted by atomic mass is 10.2. The third-order valence-corrected chi connectivity index (χ3v) is 2.16. The van der Waals surface area contributed by atoms with E-state index < -0.39 is 0 Å². The lowest BCUT2D eigenvalue weighted by Gasteiger charge is -2.05. The third-order valence-electron chi connectivity index (χ3n) is 1.14. The van der Waals surface area contributed by atoms with Crippen molar-refractivity contribution >= 4 is 11.8 Å². The maximum atomic E-state index is 9.20. The highest BCUT2D eigenvalue weighted by Crippen LogP contribution is 2.05. The predicted octanol–water partition coefficient (Wildman–Crippen LogP) is 1.51. The van der Waals surface area contributed by atoms with Gasteiger partial charge in [-0.25, -0.2) is 0 Å². The van der Waals surface area contributed by atoms with E-state index in [0.29, 0.717) is 6.42 Å². The molecule has 0 rings (SSSR count). The van der Waals surface area contributed by atoms with Gasteiger partial charge >= 0.3 is 0 Å². The zero-order valence-electron chi connectivity index (χ0n) is 6.34. The Hall–Kier alpha value is -0.130. The van der Waals surface area contributed by atoms with Crippen LogP contribution < -0.4 is 0 Å². The Kier molecular flexibility index (Phi) is 6.89. The molecule has 0 fully saturated rings. The van der Waals surface area contributed by atoms with Crippen molar-refractivity contribution in [1.82, 2.24) is 0 Å². The van der Waals surface area contributed by atoms with Gasteiger partial charge in [-0.05, 0) is 12.2 Å². The summed E-state index contributed by atoms with van der Waals surface area (Å²) < 4.78 is 0. The van der Waals surface area contributed by atoms with Crippen molar-refractivity contribution < 1.29 is 5.11 Å². The van der Waals surface area contributed by atoms with Crippen LogP contribution in [0.25, 0.3) is 0 Å². The normalized spacial score (nSPS) is 12.5. The summed E-state index contributed by atoms with van der Waals surface area (Å²) in [5.41, 5.74) is 0. The first-order valence-corrected chi connectivity index (χ1v) is 4.66. The molecule has 0 heterocycles. The second kappa shape index (κ2) is 6.98. The van der Waals surface area contributed by atoms with E-state index in [-0.39, 0.29) is 6.10 Å². The van der Waals surface area contributed by atoms with Crippen LogP contribution in [0.15, 0.2) is 0 Å². The van der Waals surface area contributed by atoms with Gasteiger partial charge in [0.05, 0.1) is 6.10 Å². The molecule has 0 saturated heterocycles. The lowest BCUT2D eigenvalue weighted by molar-refractivity contribution is 0.191. The summed E-state index contributed by atoms with van der Waals surface area (Å²) in [5, 5.41) is 9.20.